The second-order valence-electron chi connectivity index (χ2n) is 6.00. The minimum Gasteiger partial charge on any atom is -0.462 e. The Balaban J connectivity index is 1.52. The summed E-state index contributed by atoms with van der Waals surface area (Å²) in [6, 6.07) is 14.0. The molecule has 0 aliphatic carbocycles. The number of nitrogens with zero attached hydrogens (tertiary/aromatic N) is 2. The van der Waals surface area contributed by atoms with E-state index in [2.05, 4.69) is 23.2 Å². The molecule has 3 heterocycles. The fraction of sp³-hybridized carbons (Fsp3) is 0.200. The number of benzene rings is 1. The van der Waals surface area contributed by atoms with E-state index in [1.165, 1.54) is 22.5 Å². The molecule has 4 rings (SSSR count). The third-order valence-corrected chi connectivity index (χ3v) is 5.36. The van der Waals surface area contributed by atoms with Crippen LogP contribution >= 0.6 is 11.3 Å². The minimum atomic E-state index is -0.00471. The van der Waals surface area contributed by atoms with E-state index in [1.54, 1.807) is 6.26 Å². The van der Waals surface area contributed by atoms with Crippen LogP contribution in [0.2, 0.25) is 0 Å². The van der Waals surface area contributed by atoms with E-state index in [-0.39, 0.29) is 5.91 Å². The lowest BCUT2D eigenvalue weighted by Gasteiger charge is -2.26. The van der Waals surface area contributed by atoms with Crippen molar-refractivity contribution in [2.45, 2.75) is 13.3 Å². The van der Waals surface area contributed by atoms with Crippen molar-refractivity contribution >= 4 is 22.8 Å². The number of carbonyl (C=O) groups is 1. The van der Waals surface area contributed by atoms with E-state index in [4.69, 9.17) is 4.42 Å². The summed E-state index contributed by atoms with van der Waals surface area (Å²) in [4.78, 5) is 20.2. The van der Waals surface area contributed by atoms with Gasteiger partial charge >= 0.3 is 0 Å². The molecule has 1 aliphatic rings. The zero-order valence-corrected chi connectivity index (χ0v) is 14.8. The van der Waals surface area contributed by atoms with E-state index < -0.39 is 0 Å². The van der Waals surface area contributed by atoms with Crippen LogP contribution in [-0.2, 0) is 0 Å². The predicted molar refractivity (Wildman–Crippen MR) is 99.5 cm³/mol. The van der Waals surface area contributed by atoms with Crippen molar-refractivity contribution in [2.75, 3.05) is 13.1 Å². The number of hydrogen-bond acceptors (Lipinski definition) is 4. The van der Waals surface area contributed by atoms with E-state index in [1.807, 2.05) is 42.2 Å². The first-order valence-electron chi connectivity index (χ1n) is 8.27. The molecule has 0 saturated carbocycles. The SMILES string of the molecule is Cc1sc(-c2ccco2)nc1C(=O)N1CC=C(c2ccccc2)CC1. The number of aromatic nitrogens is 1. The summed E-state index contributed by atoms with van der Waals surface area (Å²) in [6.45, 7) is 3.27. The molecule has 25 heavy (non-hydrogen) atoms. The number of furan rings is 1. The summed E-state index contributed by atoms with van der Waals surface area (Å²) >= 11 is 1.49. The Morgan fingerprint density at radius 3 is 2.72 bits per heavy atom. The number of amides is 1. The molecule has 0 spiro atoms. The Kier molecular flexibility index (Phi) is 4.24. The molecule has 1 amide bonds. The number of carbonyl (C=O) groups excluding carboxylic acids is 1. The molecule has 3 aromatic rings. The van der Waals surface area contributed by atoms with Crippen molar-refractivity contribution in [3.05, 3.63) is 70.9 Å². The first kappa shape index (κ1) is 15.8. The van der Waals surface area contributed by atoms with E-state index in [0.717, 1.165) is 16.3 Å². The molecule has 5 heteroatoms. The maximum Gasteiger partial charge on any atom is 0.273 e. The molecule has 0 atom stereocenters. The van der Waals surface area contributed by atoms with Crippen LogP contribution < -0.4 is 0 Å². The molecule has 0 fully saturated rings. The second-order valence-corrected chi connectivity index (χ2v) is 7.20. The summed E-state index contributed by atoms with van der Waals surface area (Å²) in [5.41, 5.74) is 3.07. The van der Waals surface area contributed by atoms with E-state index >= 15 is 0 Å². The van der Waals surface area contributed by atoms with Crippen LogP contribution in [-0.4, -0.2) is 28.9 Å². The molecule has 1 aliphatic heterocycles. The van der Waals surface area contributed by atoms with Crippen molar-refractivity contribution in [1.29, 1.82) is 0 Å². The van der Waals surface area contributed by atoms with Gasteiger partial charge in [0.15, 0.2) is 10.8 Å². The maximum atomic E-state index is 12.9. The topological polar surface area (TPSA) is 46.3 Å². The summed E-state index contributed by atoms with van der Waals surface area (Å²) in [5.74, 6) is 0.701. The fourth-order valence-corrected chi connectivity index (χ4v) is 3.89. The Labute approximate surface area is 150 Å². The van der Waals surface area contributed by atoms with Crippen LogP contribution in [0.1, 0.15) is 27.3 Å². The van der Waals surface area contributed by atoms with Gasteiger partial charge in [-0.25, -0.2) is 4.98 Å². The summed E-state index contributed by atoms with van der Waals surface area (Å²) in [5, 5.41) is 0.753. The summed E-state index contributed by atoms with van der Waals surface area (Å²) in [7, 11) is 0. The van der Waals surface area contributed by atoms with Gasteiger partial charge in [-0.05, 0) is 36.6 Å². The first-order valence-corrected chi connectivity index (χ1v) is 9.09. The van der Waals surface area contributed by atoms with Crippen LogP contribution in [0.5, 0.6) is 0 Å². The standard InChI is InChI=1S/C20H18N2O2S/c1-14-18(21-19(25-14)17-8-5-13-24-17)20(23)22-11-9-16(10-12-22)15-6-3-2-4-7-15/h2-9,13H,10-12H2,1H3. The third kappa shape index (κ3) is 3.15. The third-order valence-electron chi connectivity index (χ3n) is 4.37. The highest BCUT2D eigenvalue weighted by molar-refractivity contribution is 7.15. The van der Waals surface area contributed by atoms with Crippen molar-refractivity contribution in [3.8, 4) is 10.8 Å². The summed E-state index contributed by atoms with van der Waals surface area (Å²) in [6.07, 6.45) is 4.63. The van der Waals surface area contributed by atoms with Crippen LogP contribution in [0.3, 0.4) is 0 Å². The highest BCUT2D eigenvalue weighted by atomic mass is 32.1. The lowest BCUT2D eigenvalue weighted by Crippen LogP contribution is -2.35. The zero-order valence-electron chi connectivity index (χ0n) is 13.9. The van der Waals surface area contributed by atoms with Gasteiger partial charge in [-0.3, -0.25) is 4.79 Å². The molecule has 2 aromatic heterocycles. The molecular weight excluding hydrogens is 332 g/mol. The maximum absolute atomic E-state index is 12.9. The molecule has 0 N–H and O–H groups in total. The van der Waals surface area contributed by atoms with Crippen molar-refractivity contribution in [1.82, 2.24) is 9.88 Å². The van der Waals surface area contributed by atoms with E-state index in [9.17, 15) is 4.79 Å². The van der Waals surface area contributed by atoms with Crippen molar-refractivity contribution in [3.63, 3.8) is 0 Å². The van der Waals surface area contributed by atoms with Gasteiger partial charge in [0.1, 0.15) is 5.69 Å². The van der Waals surface area contributed by atoms with Crippen molar-refractivity contribution in [2.24, 2.45) is 0 Å². The van der Waals surface area contributed by atoms with Crippen LogP contribution in [0.25, 0.3) is 16.3 Å². The predicted octanol–water partition coefficient (Wildman–Crippen LogP) is 4.64. The molecule has 0 saturated heterocycles. The number of rotatable bonds is 3. The van der Waals surface area contributed by atoms with Crippen LogP contribution in [0.15, 0.2) is 59.2 Å². The summed E-state index contributed by atoms with van der Waals surface area (Å²) < 4.78 is 5.39. The van der Waals surface area contributed by atoms with Gasteiger partial charge < -0.3 is 9.32 Å². The lowest BCUT2D eigenvalue weighted by atomic mass is 9.99. The largest absolute Gasteiger partial charge is 0.462 e. The highest BCUT2D eigenvalue weighted by Crippen LogP contribution is 2.29. The van der Waals surface area contributed by atoms with Gasteiger partial charge in [0, 0.05) is 18.0 Å². The first-order chi connectivity index (χ1) is 12.2. The van der Waals surface area contributed by atoms with Gasteiger partial charge in [-0.15, -0.1) is 11.3 Å². The Morgan fingerprint density at radius 2 is 2.04 bits per heavy atom. The smallest absolute Gasteiger partial charge is 0.273 e. The van der Waals surface area contributed by atoms with Gasteiger partial charge in [-0.1, -0.05) is 36.4 Å². The monoisotopic (exact) mass is 350 g/mol. The lowest BCUT2D eigenvalue weighted by molar-refractivity contribution is 0.0767. The number of hydrogen-bond donors (Lipinski definition) is 0. The number of aryl methyl sites for hydroxylation is 1. The average Bonchev–Trinajstić information content (AvgIpc) is 3.32. The van der Waals surface area contributed by atoms with E-state index in [0.29, 0.717) is 24.5 Å². The van der Waals surface area contributed by atoms with Crippen LogP contribution in [0, 0.1) is 6.92 Å². The Bertz CT molecular complexity index is 911. The molecule has 1 aromatic carbocycles. The molecule has 126 valence electrons. The average molecular weight is 350 g/mol. The Hall–Kier alpha value is -2.66. The van der Waals surface area contributed by atoms with Gasteiger partial charge in [-0.2, -0.15) is 0 Å². The zero-order chi connectivity index (χ0) is 17.2. The van der Waals surface area contributed by atoms with Gasteiger partial charge in [0.05, 0.1) is 6.26 Å². The highest BCUT2D eigenvalue weighted by Gasteiger charge is 2.24. The quantitative estimate of drug-likeness (QED) is 0.691. The molecule has 0 unspecified atom stereocenters. The second kappa shape index (κ2) is 6.69. The molecule has 0 bridgehead atoms. The normalized spacial score (nSPS) is 14.4. The van der Waals surface area contributed by atoms with Crippen LogP contribution in [0.4, 0.5) is 0 Å². The minimum absolute atomic E-state index is 0.00471. The molecule has 4 nitrogen and oxygen atoms in total. The fourth-order valence-electron chi connectivity index (χ4n) is 3.02. The Morgan fingerprint density at radius 1 is 1.20 bits per heavy atom. The molecular formula is C20H18N2O2S. The van der Waals surface area contributed by atoms with Crippen molar-refractivity contribution < 1.29 is 9.21 Å². The molecule has 0 radical (unpaired) electrons. The number of thiazole rings is 1. The van der Waals surface area contributed by atoms with Gasteiger partial charge in [0.2, 0.25) is 0 Å². The van der Waals surface area contributed by atoms with Gasteiger partial charge in [0.25, 0.3) is 5.91 Å².